The molecule has 0 aliphatic carbocycles. The SMILES string of the molecule is CC(C)S(=O)(=O)N1CCC(C2CCNCC2)C1. The predicted octanol–water partition coefficient (Wildman–Crippen LogP) is 1.05. The lowest BCUT2D eigenvalue weighted by Crippen LogP contribution is -2.36. The van der Waals surface area contributed by atoms with Crippen LogP contribution < -0.4 is 5.32 Å². The largest absolute Gasteiger partial charge is 0.317 e. The number of nitrogens with one attached hydrogen (secondary N) is 1. The van der Waals surface area contributed by atoms with E-state index in [4.69, 9.17) is 0 Å². The smallest absolute Gasteiger partial charge is 0.216 e. The summed E-state index contributed by atoms with van der Waals surface area (Å²) in [5.41, 5.74) is 0. The average Bonchev–Trinajstić information content (AvgIpc) is 2.80. The first-order valence-corrected chi connectivity index (χ1v) is 8.22. The molecule has 0 spiro atoms. The Hall–Kier alpha value is -0.130. The van der Waals surface area contributed by atoms with Gasteiger partial charge < -0.3 is 5.32 Å². The molecule has 1 unspecified atom stereocenters. The monoisotopic (exact) mass is 260 g/mol. The summed E-state index contributed by atoms with van der Waals surface area (Å²) in [4.78, 5) is 0. The molecule has 2 aliphatic heterocycles. The van der Waals surface area contributed by atoms with Gasteiger partial charge in [0, 0.05) is 13.1 Å². The van der Waals surface area contributed by atoms with E-state index in [1.165, 1.54) is 12.8 Å². The van der Waals surface area contributed by atoms with Crippen LogP contribution in [0.5, 0.6) is 0 Å². The predicted molar refractivity (Wildman–Crippen MR) is 69.3 cm³/mol. The maximum atomic E-state index is 12.1. The van der Waals surface area contributed by atoms with Crippen molar-refractivity contribution in [2.75, 3.05) is 26.2 Å². The first kappa shape index (κ1) is 13.3. The summed E-state index contributed by atoms with van der Waals surface area (Å²) in [6.45, 7) is 7.22. The van der Waals surface area contributed by atoms with Gasteiger partial charge in [-0.25, -0.2) is 12.7 Å². The van der Waals surface area contributed by atoms with E-state index in [9.17, 15) is 8.42 Å². The molecule has 4 nitrogen and oxygen atoms in total. The molecule has 0 amide bonds. The van der Waals surface area contributed by atoms with E-state index in [0.717, 1.165) is 38.5 Å². The Bertz CT molecular complexity index is 348. The minimum Gasteiger partial charge on any atom is -0.317 e. The van der Waals surface area contributed by atoms with Crippen LogP contribution in [-0.2, 0) is 10.0 Å². The van der Waals surface area contributed by atoms with Crippen LogP contribution in [-0.4, -0.2) is 44.2 Å². The number of rotatable bonds is 3. The van der Waals surface area contributed by atoms with E-state index in [1.54, 1.807) is 18.2 Å². The second kappa shape index (κ2) is 5.24. The van der Waals surface area contributed by atoms with Crippen LogP contribution in [0.25, 0.3) is 0 Å². The third-order valence-corrected chi connectivity index (χ3v) is 6.44. The first-order valence-electron chi connectivity index (χ1n) is 6.71. The molecule has 100 valence electrons. The van der Waals surface area contributed by atoms with Crippen molar-refractivity contribution >= 4 is 10.0 Å². The summed E-state index contributed by atoms with van der Waals surface area (Å²) in [6, 6.07) is 0. The van der Waals surface area contributed by atoms with E-state index in [-0.39, 0.29) is 5.25 Å². The summed E-state index contributed by atoms with van der Waals surface area (Å²) in [5.74, 6) is 1.31. The highest BCUT2D eigenvalue weighted by Crippen LogP contribution is 2.31. The van der Waals surface area contributed by atoms with Crippen molar-refractivity contribution < 1.29 is 8.42 Å². The molecule has 0 radical (unpaired) electrons. The highest BCUT2D eigenvalue weighted by atomic mass is 32.2. The molecule has 0 bridgehead atoms. The standard InChI is InChI=1S/C12H24N2O2S/c1-10(2)17(15,16)14-8-5-12(9-14)11-3-6-13-7-4-11/h10-13H,3-9H2,1-2H3. The van der Waals surface area contributed by atoms with Crippen molar-refractivity contribution in [2.45, 2.75) is 38.4 Å². The van der Waals surface area contributed by atoms with Gasteiger partial charge in [-0.15, -0.1) is 0 Å². The molecule has 2 rings (SSSR count). The maximum absolute atomic E-state index is 12.1. The van der Waals surface area contributed by atoms with E-state index >= 15 is 0 Å². The Morgan fingerprint density at radius 1 is 1.12 bits per heavy atom. The van der Waals surface area contributed by atoms with Gasteiger partial charge >= 0.3 is 0 Å². The van der Waals surface area contributed by atoms with Crippen molar-refractivity contribution in [3.63, 3.8) is 0 Å². The molecule has 1 atom stereocenters. The second-order valence-corrected chi connectivity index (χ2v) is 8.08. The summed E-state index contributed by atoms with van der Waals surface area (Å²) >= 11 is 0. The van der Waals surface area contributed by atoms with Gasteiger partial charge in [0.25, 0.3) is 0 Å². The molecule has 2 fully saturated rings. The molecule has 0 aromatic carbocycles. The third kappa shape index (κ3) is 2.83. The zero-order valence-corrected chi connectivity index (χ0v) is 11.7. The van der Waals surface area contributed by atoms with E-state index in [2.05, 4.69) is 5.32 Å². The molecule has 5 heteroatoms. The number of sulfonamides is 1. The van der Waals surface area contributed by atoms with Crippen LogP contribution in [0.4, 0.5) is 0 Å². The Balaban J connectivity index is 1.95. The van der Waals surface area contributed by atoms with Gasteiger partial charge in [-0.2, -0.15) is 0 Å². The van der Waals surface area contributed by atoms with Crippen LogP contribution in [0, 0.1) is 11.8 Å². The quantitative estimate of drug-likeness (QED) is 0.825. The molecule has 0 saturated carbocycles. The van der Waals surface area contributed by atoms with Crippen molar-refractivity contribution in [1.82, 2.24) is 9.62 Å². The minimum absolute atomic E-state index is 0.283. The molecule has 2 saturated heterocycles. The van der Waals surface area contributed by atoms with Crippen molar-refractivity contribution in [3.05, 3.63) is 0 Å². The van der Waals surface area contributed by atoms with Crippen LogP contribution in [0.3, 0.4) is 0 Å². The fraction of sp³-hybridized carbons (Fsp3) is 1.00. The van der Waals surface area contributed by atoms with Crippen LogP contribution >= 0.6 is 0 Å². The van der Waals surface area contributed by atoms with Gasteiger partial charge in [0.1, 0.15) is 0 Å². The maximum Gasteiger partial charge on any atom is 0.216 e. The van der Waals surface area contributed by atoms with Gasteiger partial charge in [0.15, 0.2) is 0 Å². The Morgan fingerprint density at radius 2 is 1.76 bits per heavy atom. The highest BCUT2D eigenvalue weighted by Gasteiger charge is 2.36. The Kier molecular flexibility index (Phi) is 4.10. The molecule has 2 aliphatic rings. The molecule has 1 N–H and O–H groups in total. The lowest BCUT2D eigenvalue weighted by Gasteiger charge is -2.28. The third-order valence-electron chi connectivity index (χ3n) is 4.19. The van der Waals surface area contributed by atoms with Crippen molar-refractivity contribution in [2.24, 2.45) is 11.8 Å². The number of hydrogen-bond acceptors (Lipinski definition) is 3. The number of hydrogen-bond donors (Lipinski definition) is 1. The molecule has 2 heterocycles. The first-order chi connectivity index (χ1) is 8.01. The summed E-state index contributed by atoms with van der Waals surface area (Å²) < 4.78 is 25.9. The van der Waals surface area contributed by atoms with E-state index < -0.39 is 10.0 Å². The normalized spacial score (nSPS) is 29.0. The van der Waals surface area contributed by atoms with Gasteiger partial charge in [-0.1, -0.05) is 0 Å². The molecular weight excluding hydrogens is 236 g/mol. The fourth-order valence-corrected chi connectivity index (χ4v) is 4.34. The van der Waals surface area contributed by atoms with Crippen LogP contribution in [0.2, 0.25) is 0 Å². The van der Waals surface area contributed by atoms with Crippen molar-refractivity contribution in [3.8, 4) is 0 Å². The summed E-state index contributed by atoms with van der Waals surface area (Å²) in [6.07, 6.45) is 3.47. The fourth-order valence-electron chi connectivity index (χ4n) is 2.98. The lowest BCUT2D eigenvalue weighted by molar-refractivity contribution is 0.267. The molecular formula is C12H24N2O2S. The van der Waals surface area contributed by atoms with E-state index in [0.29, 0.717) is 5.92 Å². The minimum atomic E-state index is -3.03. The van der Waals surface area contributed by atoms with Gasteiger partial charge in [0.05, 0.1) is 5.25 Å². The Morgan fingerprint density at radius 3 is 2.35 bits per heavy atom. The molecule has 0 aromatic heterocycles. The zero-order chi connectivity index (χ0) is 12.5. The molecule has 17 heavy (non-hydrogen) atoms. The van der Waals surface area contributed by atoms with Crippen molar-refractivity contribution in [1.29, 1.82) is 0 Å². The highest BCUT2D eigenvalue weighted by molar-refractivity contribution is 7.89. The van der Waals surface area contributed by atoms with E-state index in [1.807, 2.05) is 0 Å². The van der Waals surface area contributed by atoms with Gasteiger partial charge in [0.2, 0.25) is 10.0 Å². The second-order valence-electron chi connectivity index (χ2n) is 5.59. The average molecular weight is 260 g/mol. The number of piperidine rings is 1. The topological polar surface area (TPSA) is 49.4 Å². The number of nitrogens with zero attached hydrogens (tertiary/aromatic N) is 1. The zero-order valence-electron chi connectivity index (χ0n) is 10.9. The summed E-state index contributed by atoms with van der Waals surface area (Å²) in [7, 11) is -3.03. The van der Waals surface area contributed by atoms with Gasteiger partial charge in [-0.3, -0.25) is 0 Å². The van der Waals surface area contributed by atoms with Gasteiger partial charge in [-0.05, 0) is 58.0 Å². The lowest BCUT2D eigenvalue weighted by atomic mass is 9.84. The van der Waals surface area contributed by atoms with Crippen LogP contribution in [0.15, 0.2) is 0 Å². The Labute approximate surface area is 105 Å². The van der Waals surface area contributed by atoms with Crippen LogP contribution in [0.1, 0.15) is 33.1 Å². The summed E-state index contributed by atoms with van der Waals surface area (Å²) in [5, 5.41) is 3.08. The molecule has 0 aromatic rings.